The van der Waals surface area contributed by atoms with Crippen molar-refractivity contribution in [3.05, 3.63) is 47.1 Å². The van der Waals surface area contributed by atoms with Crippen molar-refractivity contribution in [1.29, 1.82) is 0 Å². The molecule has 0 bridgehead atoms. The zero-order valence-electron chi connectivity index (χ0n) is 17.9. The second-order valence-electron chi connectivity index (χ2n) is 8.95. The summed E-state index contributed by atoms with van der Waals surface area (Å²) in [5.74, 6) is 1.45. The number of nitrogens with zero attached hydrogens (tertiary/aromatic N) is 3. The number of aryl methyl sites for hydroxylation is 1. The fourth-order valence-corrected chi connectivity index (χ4v) is 3.92. The summed E-state index contributed by atoms with van der Waals surface area (Å²) in [5, 5.41) is 7.19. The van der Waals surface area contributed by atoms with Crippen molar-refractivity contribution >= 4 is 11.8 Å². The molecule has 30 heavy (non-hydrogen) atoms. The van der Waals surface area contributed by atoms with Crippen LogP contribution in [0.4, 0.5) is 0 Å². The molecule has 2 fully saturated rings. The lowest BCUT2D eigenvalue weighted by molar-refractivity contribution is -0.127. The van der Waals surface area contributed by atoms with Gasteiger partial charge in [-0.25, -0.2) is 0 Å². The minimum atomic E-state index is -0.319. The number of carbonyl (C=O) groups excluding carboxylic acids is 2. The van der Waals surface area contributed by atoms with E-state index >= 15 is 0 Å². The first-order valence-electron chi connectivity index (χ1n) is 10.9. The van der Waals surface area contributed by atoms with Crippen LogP contribution in [0.5, 0.6) is 0 Å². The summed E-state index contributed by atoms with van der Waals surface area (Å²) in [6, 6.07) is 7.26. The molecule has 1 aromatic carbocycles. The lowest BCUT2D eigenvalue weighted by Gasteiger charge is -2.33. The molecule has 2 unspecified atom stereocenters. The van der Waals surface area contributed by atoms with Gasteiger partial charge in [-0.15, -0.1) is 0 Å². The third-order valence-electron chi connectivity index (χ3n) is 6.01. The molecule has 0 spiro atoms. The average Bonchev–Trinajstić information content (AvgIpc) is 3.49. The average molecular weight is 411 g/mol. The monoisotopic (exact) mass is 410 g/mol. The molecule has 2 aliphatic rings. The van der Waals surface area contributed by atoms with E-state index in [4.69, 9.17) is 4.52 Å². The van der Waals surface area contributed by atoms with E-state index < -0.39 is 0 Å². The number of rotatable bonds is 6. The fraction of sp³-hybridized carbons (Fsp3) is 0.565. The molecular weight excluding hydrogens is 380 g/mol. The molecule has 1 saturated heterocycles. The van der Waals surface area contributed by atoms with E-state index in [0.29, 0.717) is 30.5 Å². The highest BCUT2D eigenvalue weighted by Crippen LogP contribution is 2.38. The van der Waals surface area contributed by atoms with Crippen molar-refractivity contribution in [3.63, 3.8) is 0 Å². The molecule has 7 heteroatoms. The van der Waals surface area contributed by atoms with Crippen LogP contribution in [0, 0.1) is 18.8 Å². The second kappa shape index (κ2) is 8.58. The first kappa shape index (κ1) is 20.6. The Labute approximate surface area is 177 Å². The summed E-state index contributed by atoms with van der Waals surface area (Å²) in [6.07, 6.45) is 3.79. The number of benzene rings is 1. The Bertz CT molecular complexity index is 901. The number of aromatic nitrogens is 2. The molecule has 1 aromatic heterocycles. The summed E-state index contributed by atoms with van der Waals surface area (Å²) in [7, 11) is 0. The van der Waals surface area contributed by atoms with Crippen LogP contribution in [-0.4, -0.2) is 39.9 Å². The summed E-state index contributed by atoms with van der Waals surface area (Å²) >= 11 is 0. The highest BCUT2D eigenvalue weighted by atomic mass is 16.5. The molecule has 0 radical (unpaired) electrons. The van der Waals surface area contributed by atoms with E-state index in [1.165, 1.54) is 0 Å². The highest BCUT2D eigenvalue weighted by Gasteiger charge is 2.34. The SMILES string of the molecule is Cc1ccc(C(=O)N2CCCC(C(=O)NC(c3nc(C4CC4)no3)C(C)C)C2)cc1. The van der Waals surface area contributed by atoms with Gasteiger partial charge in [0, 0.05) is 24.6 Å². The van der Waals surface area contributed by atoms with Crippen molar-refractivity contribution in [2.45, 2.75) is 58.4 Å². The van der Waals surface area contributed by atoms with E-state index in [9.17, 15) is 9.59 Å². The number of piperidine rings is 1. The van der Waals surface area contributed by atoms with Gasteiger partial charge in [-0.05, 0) is 50.7 Å². The number of hydrogen-bond donors (Lipinski definition) is 1. The Morgan fingerprint density at radius 3 is 2.57 bits per heavy atom. The Morgan fingerprint density at radius 1 is 1.17 bits per heavy atom. The number of amides is 2. The molecule has 1 aliphatic carbocycles. The number of hydrogen-bond acceptors (Lipinski definition) is 5. The van der Waals surface area contributed by atoms with Gasteiger partial charge in [-0.2, -0.15) is 4.98 Å². The predicted molar refractivity (Wildman–Crippen MR) is 112 cm³/mol. The van der Waals surface area contributed by atoms with Gasteiger partial charge in [0.15, 0.2) is 5.82 Å². The van der Waals surface area contributed by atoms with Gasteiger partial charge >= 0.3 is 0 Å². The number of carbonyl (C=O) groups is 2. The first-order chi connectivity index (χ1) is 14.4. The minimum absolute atomic E-state index is 0.0149. The predicted octanol–water partition coefficient (Wildman–Crippen LogP) is 3.62. The van der Waals surface area contributed by atoms with Crippen molar-refractivity contribution in [2.24, 2.45) is 11.8 Å². The molecule has 1 aliphatic heterocycles. The Balaban J connectivity index is 1.41. The van der Waals surface area contributed by atoms with Crippen LogP contribution in [-0.2, 0) is 4.79 Å². The molecule has 2 aromatic rings. The van der Waals surface area contributed by atoms with Gasteiger partial charge in [-0.3, -0.25) is 9.59 Å². The number of likely N-dealkylation sites (tertiary alicyclic amines) is 1. The molecule has 7 nitrogen and oxygen atoms in total. The summed E-state index contributed by atoms with van der Waals surface area (Å²) in [5.41, 5.74) is 1.79. The van der Waals surface area contributed by atoms with Crippen LogP contribution < -0.4 is 5.32 Å². The third-order valence-corrected chi connectivity index (χ3v) is 6.01. The minimum Gasteiger partial charge on any atom is -0.344 e. The molecule has 1 saturated carbocycles. The maximum Gasteiger partial charge on any atom is 0.253 e. The molecular formula is C23H30N4O3. The van der Waals surface area contributed by atoms with Crippen LogP contribution in [0.1, 0.15) is 79.1 Å². The van der Waals surface area contributed by atoms with Crippen LogP contribution in [0.15, 0.2) is 28.8 Å². The normalized spacial score (nSPS) is 20.3. The molecule has 160 valence electrons. The first-order valence-corrected chi connectivity index (χ1v) is 10.9. The molecule has 2 heterocycles. The van der Waals surface area contributed by atoms with Crippen molar-refractivity contribution in [1.82, 2.24) is 20.4 Å². The van der Waals surface area contributed by atoms with Crippen molar-refractivity contribution in [2.75, 3.05) is 13.1 Å². The van der Waals surface area contributed by atoms with Crippen LogP contribution in [0.2, 0.25) is 0 Å². The topological polar surface area (TPSA) is 88.3 Å². The van der Waals surface area contributed by atoms with Gasteiger partial charge in [0.2, 0.25) is 11.8 Å². The van der Waals surface area contributed by atoms with E-state index in [1.54, 1.807) is 4.90 Å². The molecule has 4 rings (SSSR count). The molecule has 2 amide bonds. The summed E-state index contributed by atoms with van der Waals surface area (Å²) < 4.78 is 5.46. The van der Waals surface area contributed by atoms with E-state index in [1.807, 2.05) is 45.0 Å². The zero-order valence-corrected chi connectivity index (χ0v) is 17.9. The van der Waals surface area contributed by atoms with Gasteiger partial charge in [0.25, 0.3) is 5.91 Å². The van der Waals surface area contributed by atoms with E-state index in [2.05, 4.69) is 15.5 Å². The molecule has 1 N–H and O–H groups in total. The third kappa shape index (κ3) is 4.55. The van der Waals surface area contributed by atoms with Gasteiger partial charge in [0.05, 0.1) is 5.92 Å². The van der Waals surface area contributed by atoms with E-state index in [-0.39, 0.29) is 29.7 Å². The van der Waals surface area contributed by atoms with E-state index in [0.717, 1.165) is 37.1 Å². The largest absolute Gasteiger partial charge is 0.344 e. The Kier molecular flexibility index (Phi) is 5.88. The van der Waals surface area contributed by atoms with Gasteiger partial charge in [-0.1, -0.05) is 36.7 Å². The fourth-order valence-electron chi connectivity index (χ4n) is 3.92. The van der Waals surface area contributed by atoms with Crippen LogP contribution >= 0.6 is 0 Å². The highest BCUT2D eigenvalue weighted by molar-refractivity contribution is 5.94. The zero-order chi connectivity index (χ0) is 21.3. The second-order valence-corrected chi connectivity index (χ2v) is 8.95. The van der Waals surface area contributed by atoms with Crippen molar-refractivity contribution in [3.8, 4) is 0 Å². The van der Waals surface area contributed by atoms with Crippen LogP contribution in [0.25, 0.3) is 0 Å². The lowest BCUT2D eigenvalue weighted by Crippen LogP contribution is -2.46. The van der Waals surface area contributed by atoms with Crippen LogP contribution in [0.3, 0.4) is 0 Å². The quantitative estimate of drug-likeness (QED) is 0.786. The standard InChI is InChI=1S/C23H30N4O3/c1-14(2)19(22-25-20(26-30-22)16-10-11-16)24-21(28)18-5-4-12-27(13-18)23(29)17-8-6-15(3)7-9-17/h6-9,14,16,18-19H,4-5,10-13H2,1-3H3,(H,24,28). The number of nitrogens with one attached hydrogen (secondary N) is 1. The van der Waals surface area contributed by atoms with Crippen molar-refractivity contribution < 1.29 is 14.1 Å². The summed E-state index contributed by atoms with van der Waals surface area (Å²) in [6.45, 7) is 7.16. The Morgan fingerprint density at radius 2 is 1.90 bits per heavy atom. The Hall–Kier alpha value is -2.70. The smallest absolute Gasteiger partial charge is 0.253 e. The molecule has 2 atom stereocenters. The maximum atomic E-state index is 13.0. The summed E-state index contributed by atoms with van der Waals surface area (Å²) in [4.78, 5) is 32.2. The maximum absolute atomic E-state index is 13.0. The lowest BCUT2D eigenvalue weighted by atomic mass is 9.95. The van der Waals surface area contributed by atoms with Gasteiger partial charge in [0.1, 0.15) is 6.04 Å². The van der Waals surface area contributed by atoms with Gasteiger partial charge < -0.3 is 14.7 Å².